The van der Waals surface area contributed by atoms with E-state index in [2.05, 4.69) is 20.4 Å². The van der Waals surface area contributed by atoms with Gasteiger partial charge in [0.05, 0.1) is 19.9 Å². The number of phenolic OH excluding ortho intramolecular Hbond substituents is 1. The number of carbonyl (C=O) groups is 1. The Labute approximate surface area is 120 Å². The molecule has 2 aromatic rings. The van der Waals surface area contributed by atoms with Crippen LogP contribution in [0.2, 0.25) is 0 Å². The lowest BCUT2D eigenvalue weighted by molar-refractivity contribution is 0.0527. The molecule has 0 saturated heterocycles. The summed E-state index contributed by atoms with van der Waals surface area (Å²) < 4.78 is 9.96. The van der Waals surface area contributed by atoms with Crippen molar-refractivity contribution >= 4 is 17.5 Å². The van der Waals surface area contributed by atoms with Crippen LogP contribution in [0.5, 0.6) is 11.5 Å². The van der Waals surface area contributed by atoms with Crippen LogP contribution >= 0.6 is 0 Å². The molecule has 1 heterocycles. The van der Waals surface area contributed by atoms with Crippen LogP contribution in [0.25, 0.3) is 0 Å². The molecule has 2 rings (SSSR count). The van der Waals surface area contributed by atoms with Gasteiger partial charge >= 0.3 is 5.97 Å². The zero-order valence-corrected chi connectivity index (χ0v) is 11.5. The SMILES string of the molecule is CCOC(=O)c1cn[nH]c1N=Nc1ccc(O)cc1OC. The van der Waals surface area contributed by atoms with Gasteiger partial charge < -0.3 is 14.6 Å². The van der Waals surface area contributed by atoms with Gasteiger partial charge in [-0.05, 0) is 19.1 Å². The third-order valence-corrected chi connectivity index (χ3v) is 2.54. The molecule has 110 valence electrons. The minimum absolute atomic E-state index is 0.0551. The van der Waals surface area contributed by atoms with E-state index < -0.39 is 5.97 Å². The van der Waals surface area contributed by atoms with E-state index in [-0.39, 0.29) is 23.7 Å². The Morgan fingerprint density at radius 1 is 1.43 bits per heavy atom. The van der Waals surface area contributed by atoms with Crippen LogP contribution in [0.3, 0.4) is 0 Å². The van der Waals surface area contributed by atoms with E-state index in [1.165, 1.54) is 31.5 Å². The predicted molar refractivity (Wildman–Crippen MR) is 73.4 cm³/mol. The number of methoxy groups -OCH3 is 1. The zero-order valence-electron chi connectivity index (χ0n) is 11.5. The monoisotopic (exact) mass is 290 g/mol. The number of aromatic nitrogens is 2. The molecular formula is C13H14N4O4. The Balaban J connectivity index is 2.26. The van der Waals surface area contributed by atoms with Crippen molar-refractivity contribution in [2.24, 2.45) is 10.2 Å². The maximum atomic E-state index is 11.7. The van der Waals surface area contributed by atoms with Gasteiger partial charge in [-0.2, -0.15) is 5.10 Å². The van der Waals surface area contributed by atoms with Crippen LogP contribution in [-0.2, 0) is 4.74 Å². The first-order chi connectivity index (χ1) is 10.2. The highest BCUT2D eigenvalue weighted by Crippen LogP contribution is 2.32. The highest BCUT2D eigenvalue weighted by molar-refractivity contribution is 5.93. The number of aromatic hydroxyl groups is 1. The van der Waals surface area contributed by atoms with Crippen molar-refractivity contribution in [2.75, 3.05) is 13.7 Å². The van der Waals surface area contributed by atoms with Gasteiger partial charge in [0.25, 0.3) is 0 Å². The molecule has 0 aliphatic heterocycles. The van der Waals surface area contributed by atoms with Gasteiger partial charge in [-0.1, -0.05) is 0 Å². The molecule has 8 nitrogen and oxygen atoms in total. The van der Waals surface area contributed by atoms with Gasteiger partial charge in [0.2, 0.25) is 0 Å². The fourth-order valence-corrected chi connectivity index (χ4v) is 1.57. The third kappa shape index (κ3) is 3.35. The minimum atomic E-state index is -0.530. The lowest BCUT2D eigenvalue weighted by atomic mass is 10.3. The van der Waals surface area contributed by atoms with E-state index in [4.69, 9.17) is 9.47 Å². The summed E-state index contributed by atoms with van der Waals surface area (Å²) >= 11 is 0. The van der Waals surface area contributed by atoms with E-state index in [1.807, 2.05) is 0 Å². The lowest BCUT2D eigenvalue weighted by Gasteiger charge is -2.03. The van der Waals surface area contributed by atoms with Crippen LogP contribution < -0.4 is 4.74 Å². The van der Waals surface area contributed by atoms with Crippen LogP contribution in [0.4, 0.5) is 11.5 Å². The van der Waals surface area contributed by atoms with E-state index in [9.17, 15) is 9.90 Å². The Morgan fingerprint density at radius 2 is 2.24 bits per heavy atom. The highest BCUT2D eigenvalue weighted by Gasteiger charge is 2.14. The molecule has 0 fully saturated rings. The van der Waals surface area contributed by atoms with Crippen molar-refractivity contribution in [3.8, 4) is 11.5 Å². The summed E-state index contributed by atoms with van der Waals surface area (Å²) in [5.74, 6) is 0.0666. The second kappa shape index (κ2) is 6.51. The standard InChI is InChI=1S/C13H14N4O4/c1-3-21-13(19)9-7-14-16-12(9)17-15-10-5-4-8(18)6-11(10)20-2/h4-7,18H,3H2,1-2H3,(H,14,16). The highest BCUT2D eigenvalue weighted by atomic mass is 16.5. The van der Waals surface area contributed by atoms with E-state index in [1.54, 1.807) is 6.92 Å². The van der Waals surface area contributed by atoms with Crippen LogP contribution in [0.15, 0.2) is 34.6 Å². The average molecular weight is 290 g/mol. The molecule has 0 amide bonds. The fraction of sp³-hybridized carbons (Fsp3) is 0.231. The number of nitrogens with one attached hydrogen (secondary N) is 1. The topological polar surface area (TPSA) is 109 Å². The van der Waals surface area contributed by atoms with Crippen molar-refractivity contribution in [1.82, 2.24) is 10.2 Å². The molecule has 0 aliphatic carbocycles. The third-order valence-electron chi connectivity index (χ3n) is 2.54. The van der Waals surface area contributed by atoms with Crippen molar-refractivity contribution in [1.29, 1.82) is 0 Å². The number of hydrogen-bond acceptors (Lipinski definition) is 7. The molecule has 0 unspecified atom stereocenters. The Morgan fingerprint density at radius 3 is 2.95 bits per heavy atom. The van der Waals surface area contributed by atoms with E-state index >= 15 is 0 Å². The van der Waals surface area contributed by atoms with Crippen molar-refractivity contribution < 1.29 is 19.4 Å². The van der Waals surface area contributed by atoms with Crippen molar-refractivity contribution in [3.63, 3.8) is 0 Å². The summed E-state index contributed by atoms with van der Waals surface area (Å²) in [7, 11) is 1.45. The first-order valence-electron chi connectivity index (χ1n) is 6.15. The quantitative estimate of drug-likeness (QED) is 0.650. The maximum Gasteiger partial charge on any atom is 0.343 e. The van der Waals surface area contributed by atoms with Gasteiger partial charge in [-0.25, -0.2) is 4.79 Å². The first kappa shape index (κ1) is 14.5. The molecule has 2 N–H and O–H groups in total. The molecule has 1 aromatic carbocycles. The number of azo groups is 1. The summed E-state index contributed by atoms with van der Waals surface area (Å²) in [6.07, 6.45) is 1.32. The molecule has 0 atom stereocenters. The van der Waals surface area contributed by atoms with Gasteiger partial charge in [0.15, 0.2) is 5.82 Å². The van der Waals surface area contributed by atoms with Gasteiger partial charge in [0, 0.05) is 6.07 Å². The number of rotatable bonds is 5. The molecule has 21 heavy (non-hydrogen) atoms. The summed E-state index contributed by atoms with van der Waals surface area (Å²) in [6, 6.07) is 4.40. The average Bonchev–Trinajstić information content (AvgIpc) is 2.94. The Hall–Kier alpha value is -2.90. The number of phenols is 1. The summed E-state index contributed by atoms with van der Waals surface area (Å²) in [5.41, 5.74) is 0.595. The number of nitrogens with zero attached hydrogens (tertiary/aromatic N) is 3. The number of carbonyl (C=O) groups excluding carboxylic acids is 1. The second-order valence-electron chi connectivity index (χ2n) is 3.91. The molecule has 0 bridgehead atoms. The summed E-state index contributed by atoms with van der Waals surface area (Å²) in [6.45, 7) is 1.97. The van der Waals surface area contributed by atoms with Crippen molar-refractivity contribution in [3.05, 3.63) is 30.0 Å². The number of esters is 1. The van der Waals surface area contributed by atoms with Crippen molar-refractivity contribution in [2.45, 2.75) is 6.92 Å². The Kier molecular flexibility index (Phi) is 4.50. The largest absolute Gasteiger partial charge is 0.508 e. The molecule has 8 heteroatoms. The smallest absolute Gasteiger partial charge is 0.343 e. The number of aromatic amines is 1. The molecular weight excluding hydrogens is 276 g/mol. The van der Waals surface area contributed by atoms with Gasteiger partial charge in [-0.15, -0.1) is 10.2 Å². The van der Waals surface area contributed by atoms with Crippen LogP contribution in [-0.4, -0.2) is 35.0 Å². The second-order valence-corrected chi connectivity index (χ2v) is 3.91. The Bertz CT molecular complexity index is 666. The molecule has 0 spiro atoms. The maximum absolute atomic E-state index is 11.7. The number of benzene rings is 1. The molecule has 0 radical (unpaired) electrons. The van der Waals surface area contributed by atoms with Gasteiger partial charge in [0.1, 0.15) is 22.7 Å². The van der Waals surface area contributed by atoms with E-state index in [0.29, 0.717) is 11.4 Å². The van der Waals surface area contributed by atoms with Crippen LogP contribution in [0, 0.1) is 0 Å². The molecule has 0 saturated carbocycles. The first-order valence-corrected chi connectivity index (χ1v) is 6.15. The summed E-state index contributed by atoms with van der Waals surface area (Å²) in [5, 5.41) is 23.6. The molecule has 1 aromatic heterocycles. The number of H-pyrrole nitrogens is 1. The van der Waals surface area contributed by atoms with Gasteiger partial charge in [-0.3, -0.25) is 5.10 Å². The predicted octanol–water partition coefficient (Wildman–Crippen LogP) is 2.72. The van der Waals surface area contributed by atoms with E-state index in [0.717, 1.165) is 0 Å². The molecule has 0 aliphatic rings. The number of ether oxygens (including phenoxy) is 2. The normalized spacial score (nSPS) is 10.8. The lowest BCUT2D eigenvalue weighted by Crippen LogP contribution is -2.03. The van der Waals surface area contributed by atoms with Crippen LogP contribution in [0.1, 0.15) is 17.3 Å². The minimum Gasteiger partial charge on any atom is -0.508 e. The zero-order chi connectivity index (χ0) is 15.2. The fourth-order valence-electron chi connectivity index (χ4n) is 1.57. The summed E-state index contributed by atoms with van der Waals surface area (Å²) in [4.78, 5) is 11.7. The number of hydrogen-bond donors (Lipinski definition) is 2.